The quantitative estimate of drug-likeness (QED) is 0.882. The van der Waals surface area contributed by atoms with Gasteiger partial charge in [0.25, 0.3) is 0 Å². The van der Waals surface area contributed by atoms with Gasteiger partial charge in [-0.25, -0.2) is 4.98 Å². The number of aromatic nitrogens is 1. The number of hydrogen-bond acceptors (Lipinski definition) is 4. The van der Waals surface area contributed by atoms with E-state index in [9.17, 15) is 0 Å². The Kier molecular flexibility index (Phi) is 2.52. The smallest absolute Gasteiger partial charge is 0.185 e. The Hall–Kier alpha value is -1.55. The average Bonchev–Trinajstić information content (AvgIpc) is 2.97. The molecule has 3 nitrogen and oxygen atoms in total. The van der Waals surface area contributed by atoms with Crippen LogP contribution in [0.2, 0.25) is 0 Å². The number of nitrogens with one attached hydrogen (secondary N) is 1. The van der Waals surface area contributed by atoms with Gasteiger partial charge in [0.1, 0.15) is 0 Å². The first-order valence-corrected chi connectivity index (χ1v) is 6.62. The highest BCUT2D eigenvalue weighted by molar-refractivity contribution is 7.14. The fraction of sp³-hybridized carbons (Fsp3) is 0.308. The monoisotopic (exact) mass is 245 g/mol. The Morgan fingerprint density at radius 2 is 2.24 bits per heavy atom. The predicted octanol–water partition coefficient (Wildman–Crippen LogP) is 2.84. The first-order valence-electron chi connectivity index (χ1n) is 5.74. The lowest BCUT2D eigenvalue weighted by Gasteiger charge is -2.06. The summed E-state index contributed by atoms with van der Waals surface area (Å²) in [5.41, 5.74) is 4.94. The summed E-state index contributed by atoms with van der Waals surface area (Å²) >= 11 is 1.68. The van der Waals surface area contributed by atoms with E-state index in [0.29, 0.717) is 0 Å². The van der Waals surface area contributed by atoms with Gasteiger partial charge in [0, 0.05) is 37.3 Å². The second kappa shape index (κ2) is 4.04. The largest absolute Gasteiger partial charge is 0.384 e. The molecule has 0 atom stereocenters. The van der Waals surface area contributed by atoms with Gasteiger partial charge in [0.05, 0.1) is 5.69 Å². The molecule has 0 saturated heterocycles. The number of hydrogen-bond donors (Lipinski definition) is 1. The standard InChI is InChI=1S/C13H15N3S/c1-16(2)13-15-12(8-17-13)10-4-3-9-5-6-14-11(9)7-10/h3-4,7-8,14H,5-6H2,1-2H3. The molecule has 1 aromatic heterocycles. The van der Waals surface area contributed by atoms with E-state index >= 15 is 0 Å². The Morgan fingerprint density at radius 3 is 3.00 bits per heavy atom. The van der Waals surface area contributed by atoms with Gasteiger partial charge in [-0.15, -0.1) is 11.3 Å². The lowest BCUT2D eigenvalue weighted by molar-refractivity contribution is 1.10. The Balaban J connectivity index is 1.97. The van der Waals surface area contributed by atoms with Crippen LogP contribution in [-0.4, -0.2) is 25.6 Å². The van der Waals surface area contributed by atoms with Crippen molar-refractivity contribution in [3.05, 3.63) is 29.1 Å². The van der Waals surface area contributed by atoms with E-state index in [4.69, 9.17) is 0 Å². The minimum absolute atomic E-state index is 1.05. The summed E-state index contributed by atoms with van der Waals surface area (Å²) in [5.74, 6) is 0. The predicted molar refractivity (Wildman–Crippen MR) is 74.1 cm³/mol. The number of benzene rings is 1. The molecule has 0 fully saturated rings. The lowest BCUT2D eigenvalue weighted by Crippen LogP contribution is -2.07. The fourth-order valence-corrected chi connectivity index (χ4v) is 2.82. The minimum atomic E-state index is 1.05. The van der Waals surface area contributed by atoms with Crippen molar-refractivity contribution in [3.8, 4) is 11.3 Å². The van der Waals surface area contributed by atoms with Crippen LogP contribution in [0.15, 0.2) is 23.6 Å². The van der Waals surface area contributed by atoms with Crippen LogP contribution >= 0.6 is 11.3 Å². The van der Waals surface area contributed by atoms with Crippen molar-refractivity contribution in [3.63, 3.8) is 0 Å². The van der Waals surface area contributed by atoms with E-state index in [-0.39, 0.29) is 0 Å². The second-order valence-electron chi connectivity index (χ2n) is 4.46. The molecule has 1 N–H and O–H groups in total. The zero-order valence-electron chi connectivity index (χ0n) is 10.0. The van der Waals surface area contributed by atoms with Crippen molar-refractivity contribution < 1.29 is 0 Å². The molecule has 0 radical (unpaired) electrons. The van der Waals surface area contributed by atoms with E-state index < -0.39 is 0 Å². The highest BCUT2D eigenvalue weighted by atomic mass is 32.1. The third-order valence-corrected chi connectivity index (χ3v) is 4.00. The molecule has 4 heteroatoms. The van der Waals surface area contributed by atoms with Gasteiger partial charge in [0.2, 0.25) is 0 Å². The van der Waals surface area contributed by atoms with Crippen molar-refractivity contribution in [1.82, 2.24) is 4.98 Å². The lowest BCUT2D eigenvalue weighted by atomic mass is 10.1. The van der Waals surface area contributed by atoms with Gasteiger partial charge < -0.3 is 10.2 Å². The van der Waals surface area contributed by atoms with Crippen LogP contribution in [-0.2, 0) is 6.42 Å². The third-order valence-electron chi connectivity index (χ3n) is 2.99. The van der Waals surface area contributed by atoms with Crippen molar-refractivity contribution in [2.75, 3.05) is 30.9 Å². The van der Waals surface area contributed by atoms with E-state index in [1.165, 1.54) is 16.8 Å². The molecule has 0 aliphatic carbocycles. The number of fused-ring (bicyclic) bond motifs is 1. The number of rotatable bonds is 2. The van der Waals surface area contributed by atoms with Crippen LogP contribution in [0.25, 0.3) is 11.3 Å². The molecule has 1 aliphatic heterocycles. The zero-order chi connectivity index (χ0) is 11.8. The maximum absolute atomic E-state index is 4.62. The Labute approximate surface area is 105 Å². The van der Waals surface area contributed by atoms with E-state index in [2.05, 4.69) is 33.9 Å². The molecule has 0 amide bonds. The highest BCUT2D eigenvalue weighted by Crippen LogP contribution is 2.31. The first-order chi connectivity index (χ1) is 8.24. The third kappa shape index (κ3) is 1.89. The maximum atomic E-state index is 4.62. The van der Waals surface area contributed by atoms with Crippen molar-refractivity contribution >= 4 is 22.2 Å². The van der Waals surface area contributed by atoms with Crippen molar-refractivity contribution in [1.29, 1.82) is 0 Å². The molecule has 2 aromatic rings. The van der Waals surface area contributed by atoms with Gasteiger partial charge >= 0.3 is 0 Å². The van der Waals surface area contributed by atoms with Crippen molar-refractivity contribution in [2.45, 2.75) is 6.42 Å². The number of nitrogens with zero attached hydrogens (tertiary/aromatic N) is 2. The molecular weight excluding hydrogens is 230 g/mol. The van der Waals surface area contributed by atoms with Crippen molar-refractivity contribution in [2.24, 2.45) is 0 Å². The van der Waals surface area contributed by atoms with Gasteiger partial charge in [-0.2, -0.15) is 0 Å². The Morgan fingerprint density at radius 1 is 1.35 bits per heavy atom. The molecule has 1 aromatic carbocycles. The molecule has 17 heavy (non-hydrogen) atoms. The van der Waals surface area contributed by atoms with Crippen LogP contribution in [0.4, 0.5) is 10.8 Å². The first kappa shape index (κ1) is 10.6. The Bertz CT molecular complexity index is 545. The molecule has 88 valence electrons. The fourth-order valence-electron chi connectivity index (χ4n) is 2.05. The zero-order valence-corrected chi connectivity index (χ0v) is 10.8. The van der Waals surface area contributed by atoms with Gasteiger partial charge in [-0.3, -0.25) is 0 Å². The number of thiazole rings is 1. The molecule has 0 unspecified atom stereocenters. The van der Waals surface area contributed by atoms with E-state index in [0.717, 1.165) is 23.8 Å². The summed E-state index contributed by atoms with van der Waals surface area (Å²) in [6.45, 7) is 1.05. The summed E-state index contributed by atoms with van der Waals surface area (Å²) in [4.78, 5) is 6.66. The second-order valence-corrected chi connectivity index (χ2v) is 5.30. The normalized spacial score (nSPS) is 13.3. The summed E-state index contributed by atoms with van der Waals surface area (Å²) in [6, 6.07) is 6.58. The maximum Gasteiger partial charge on any atom is 0.185 e. The molecule has 3 rings (SSSR count). The van der Waals surface area contributed by atoms with Crippen LogP contribution < -0.4 is 10.2 Å². The molecule has 1 aliphatic rings. The molecular formula is C13H15N3S. The number of anilines is 2. The average molecular weight is 245 g/mol. The molecule has 0 spiro atoms. The SMILES string of the molecule is CN(C)c1nc(-c2ccc3c(c2)NCC3)cs1. The highest BCUT2D eigenvalue weighted by Gasteiger charge is 2.12. The summed E-state index contributed by atoms with van der Waals surface area (Å²) < 4.78 is 0. The van der Waals surface area contributed by atoms with E-state index in [1.807, 2.05) is 19.0 Å². The minimum Gasteiger partial charge on any atom is -0.384 e. The summed E-state index contributed by atoms with van der Waals surface area (Å²) in [7, 11) is 4.04. The summed E-state index contributed by atoms with van der Waals surface area (Å²) in [5, 5.41) is 6.57. The van der Waals surface area contributed by atoms with Gasteiger partial charge in [-0.05, 0) is 18.1 Å². The molecule has 2 heterocycles. The summed E-state index contributed by atoms with van der Waals surface area (Å²) in [6.07, 6.45) is 1.13. The topological polar surface area (TPSA) is 28.2 Å². The molecule has 0 bridgehead atoms. The van der Waals surface area contributed by atoms with E-state index in [1.54, 1.807) is 11.3 Å². The molecule has 0 saturated carbocycles. The van der Waals surface area contributed by atoms with Crippen LogP contribution in [0.3, 0.4) is 0 Å². The van der Waals surface area contributed by atoms with Crippen LogP contribution in [0.5, 0.6) is 0 Å². The van der Waals surface area contributed by atoms with Gasteiger partial charge in [-0.1, -0.05) is 12.1 Å². The van der Waals surface area contributed by atoms with Crippen LogP contribution in [0.1, 0.15) is 5.56 Å². The van der Waals surface area contributed by atoms with Crippen LogP contribution in [0, 0.1) is 0 Å². The van der Waals surface area contributed by atoms with Gasteiger partial charge in [0.15, 0.2) is 5.13 Å².